The standard InChI is InChI=1S/C23H26N2O4/c1-4-5-8-13-25-20(18-9-6-7-12-24-18)19(22(27)23(25)28)21(26)17-11-10-16(29-3)14-15(17)2/h6-7,9-12,14,20,26H,4-5,8,13H2,1-3H3/b21-19-. The summed E-state index contributed by atoms with van der Waals surface area (Å²) in [5.74, 6) is -0.799. The Morgan fingerprint density at radius 1 is 1.21 bits per heavy atom. The highest BCUT2D eigenvalue weighted by atomic mass is 16.5. The number of aliphatic hydroxyl groups is 1. The van der Waals surface area contributed by atoms with Gasteiger partial charge in [-0.15, -0.1) is 0 Å². The van der Waals surface area contributed by atoms with Crippen LogP contribution in [0.3, 0.4) is 0 Å². The van der Waals surface area contributed by atoms with E-state index in [1.807, 2.05) is 13.0 Å². The van der Waals surface area contributed by atoms with Crippen LogP contribution in [0.1, 0.15) is 49.0 Å². The number of methoxy groups -OCH3 is 1. The number of aromatic nitrogens is 1. The molecule has 1 unspecified atom stereocenters. The van der Waals surface area contributed by atoms with Gasteiger partial charge in [0.25, 0.3) is 11.7 Å². The first kappa shape index (κ1) is 20.6. The number of aliphatic hydroxyl groups excluding tert-OH is 1. The minimum atomic E-state index is -0.699. The zero-order valence-electron chi connectivity index (χ0n) is 17.0. The largest absolute Gasteiger partial charge is 0.507 e. The average molecular weight is 394 g/mol. The molecule has 0 bridgehead atoms. The fourth-order valence-electron chi connectivity index (χ4n) is 3.66. The molecule has 0 spiro atoms. The van der Waals surface area contributed by atoms with Crippen molar-refractivity contribution in [1.82, 2.24) is 9.88 Å². The molecular weight excluding hydrogens is 368 g/mol. The monoisotopic (exact) mass is 394 g/mol. The molecule has 1 aromatic carbocycles. The van der Waals surface area contributed by atoms with Gasteiger partial charge in [-0.05, 0) is 49.2 Å². The van der Waals surface area contributed by atoms with E-state index < -0.39 is 17.7 Å². The second kappa shape index (κ2) is 8.90. The maximum absolute atomic E-state index is 12.9. The van der Waals surface area contributed by atoms with Crippen LogP contribution >= 0.6 is 0 Å². The number of pyridine rings is 1. The molecule has 1 N–H and O–H groups in total. The number of ketones is 1. The molecule has 6 nitrogen and oxygen atoms in total. The van der Waals surface area contributed by atoms with Gasteiger partial charge in [0, 0.05) is 18.3 Å². The number of carbonyl (C=O) groups is 2. The molecule has 1 atom stereocenters. The minimum Gasteiger partial charge on any atom is -0.507 e. The quantitative estimate of drug-likeness (QED) is 0.332. The first-order valence-electron chi connectivity index (χ1n) is 9.84. The van der Waals surface area contributed by atoms with E-state index in [9.17, 15) is 14.7 Å². The molecule has 1 aromatic heterocycles. The van der Waals surface area contributed by atoms with Gasteiger partial charge in [-0.2, -0.15) is 0 Å². The second-order valence-corrected chi connectivity index (χ2v) is 7.14. The highest BCUT2D eigenvalue weighted by Crippen LogP contribution is 2.39. The van der Waals surface area contributed by atoms with E-state index >= 15 is 0 Å². The molecule has 1 aliphatic heterocycles. The number of likely N-dealkylation sites (tertiary alicyclic amines) is 1. The molecule has 1 saturated heterocycles. The van der Waals surface area contributed by atoms with Crippen LogP contribution in [-0.2, 0) is 9.59 Å². The predicted octanol–water partition coefficient (Wildman–Crippen LogP) is 4.01. The Morgan fingerprint density at radius 3 is 2.62 bits per heavy atom. The number of aryl methyl sites for hydroxylation is 1. The van der Waals surface area contributed by atoms with E-state index in [-0.39, 0.29) is 11.3 Å². The van der Waals surface area contributed by atoms with Crippen LogP contribution in [0.25, 0.3) is 5.76 Å². The summed E-state index contributed by atoms with van der Waals surface area (Å²) in [5.41, 5.74) is 1.89. The summed E-state index contributed by atoms with van der Waals surface area (Å²) in [7, 11) is 1.57. The van der Waals surface area contributed by atoms with E-state index in [0.29, 0.717) is 23.6 Å². The van der Waals surface area contributed by atoms with Crippen molar-refractivity contribution in [3.05, 3.63) is 65.0 Å². The van der Waals surface area contributed by atoms with E-state index in [2.05, 4.69) is 11.9 Å². The second-order valence-electron chi connectivity index (χ2n) is 7.14. The number of hydrogen-bond donors (Lipinski definition) is 1. The number of rotatable bonds is 7. The topological polar surface area (TPSA) is 79.7 Å². The van der Waals surface area contributed by atoms with Gasteiger partial charge in [-0.3, -0.25) is 14.6 Å². The molecule has 1 fully saturated rings. The molecule has 1 amide bonds. The number of unbranched alkanes of at least 4 members (excludes halogenated alkanes) is 2. The highest BCUT2D eigenvalue weighted by Gasteiger charge is 2.46. The third-order valence-electron chi connectivity index (χ3n) is 5.20. The van der Waals surface area contributed by atoms with Gasteiger partial charge in [-0.1, -0.05) is 25.8 Å². The number of amides is 1. The predicted molar refractivity (Wildman–Crippen MR) is 111 cm³/mol. The molecular formula is C23H26N2O4. The minimum absolute atomic E-state index is 0.0819. The Morgan fingerprint density at radius 2 is 2.00 bits per heavy atom. The maximum atomic E-state index is 12.9. The lowest BCUT2D eigenvalue weighted by Gasteiger charge is -2.24. The highest BCUT2D eigenvalue weighted by molar-refractivity contribution is 6.46. The molecule has 2 heterocycles. The van der Waals surface area contributed by atoms with Crippen LogP contribution in [0.4, 0.5) is 0 Å². The lowest BCUT2D eigenvalue weighted by atomic mass is 9.96. The summed E-state index contributed by atoms with van der Waals surface area (Å²) in [5, 5.41) is 11.1. The molecule has 6 heteroatoms. The number of nitrogens with zero attached hydrogens (tertiary/aromatic N) is 2. The van der Waals surface area contributed by atoms with Gasteiger partial charge in [0.15, 0.2) is 0 Å². The van der Waals surface area contributed by atoms with Crippen molar-refractivity contribution in [3.63, 3.8) is 0 Å². The van der Waals surface area contributed by atoms with Crippen LogP contribution in [0.5, 0.6) is 5.75 Å². The normalized spacial score (nSPS) is 18.3. The van der Waals surface area contributed by atoms with Crippen molar-refractivity contribution >= 4 is 17.4 Å². The van der Waals surface area contributed by atoms with Crippen LogP contribution in [0, 0.1) is 6.92 Å². The average Bonchev–Trinajstić information content (AvgIpc) is 2.99. The summed E-state index contributed by atoms with van der Waals surface area (Å²) in [6, 6.07) is 9.86. The van der Waals surface area contributed by atoms with Crippen molar-refractivity contribution in [2.24, 2.45) is 0 Å². The van der Waals surface area contributed by atoms with Crippen molar-refractivity contribution in [3.8, 4) is 5.75 Å². The fraction of sp³-hybridized carbons (Fsp3) is 0.348. The van der Waals surface area contributed by atoms with E-state index in [1.165, 1.54) is 4.90 Å². The molecule has 29 heavy (non-hydrogen) atoms. The number of hydrogen-bond acceptors (Lipinski definition) is 5. The first-order valence-corrected chi connectivity index (χ1v) is 9.84. The third-order valence-corrected chi connectivity index (χ3v) is 5.20. The van der Waals surface area contributed by atoms with E-state index in [4.69, 9.17) is 4.74 Å². The molecule has 152 valence electrons. The molecule has 0 aliphatic carbocycles. The van der Waals surface area contributed by atoms with Crippen molar-refractivity contribution in [2.75, 3.05) is 13.7 Å². The van der Waals surface area contributed by atoms with Crippen molar-refractivity contribution in [2.45, 2.75) is 39.2 Å². The van der Waals surface area contributed by atoms with Crippen LogP contribution < -0.4 is 4.74 Å². The van der Waals surface area contributed by atoms with Crippen LogP contribution in [0.15, 0.2) is 48.2 Å². The molecule has 3 rings (SSSR count). The number of Topliss-reactive ketones (excluding diaryl/α,β-unsaturated/α-hetero) is 1. The van der Waals surface area contributed by atoms with E-state index in [1.54, 1.807) is 43.6 Å². The van der Waals surface area contributed by atoms with Gasteiger partial charge >= 0.3 is 0 Å². The lowest BCUT2D eigenvalue weighted by Crippen LogP contribution is -2.31. The summed E-state index contributed by atoms with van der Waals surface area (Å²) >= 11 is 0. The number of benzene rings is 1. The summed E-state index contributed by atoms with van der Waals surface area (Å²) in [6.07, 6.45) is 4.37. The third kappa shape index (κ3) is 4.01. The Balaban J connectivity index is 2.12. The van der Waals surface area contributed by atoms with Gasteiger partial charge in [-0.25, -0.2) is 0 Å². The Hall–Kier alpha value is -3.15. The molecule has 1 aliphatic rings. The molecule has 0 saturated carbocycles. The molecule has 0 radical (unpaired) electrons. The number of carbonyl (C=O) groups excluding carboxylic acids is 2. The lowest BCUT2D eigenvalue weighted by molar-refractivity contribution is -0.140. The van der Waals surface area contributed by atoms with Gasteiger partial charge in [0.1, 0.15) is 17.6 Å². The smallest absolute Gasteiger partial charge is 0.295 e. The Labute approximate surface area is 170 Å². The fourth-order valence-corrected chi connectivity index (χ4v) is 3.66. The van der Waals surface area contributed by atoms with Gasteiger partial charge in [0.2, 0.25) is 0 Å². The van der Waals surface area contributed by atoms with Crippen LogP contribution in [-0.4, -0.2) is 40.3 Å². The Bertz CT molecular complexity index is 937. The zero-order valence-corrected chi connectivity index (χ0v) is 17.0. The summed E-state index contributed by atoms with van der Waals surface area (Å²) in [4.78, 5) is 31.6. The summed E-state index contributed by atoms with van der Waals surface area (Å²) < 4.78 is 5.22. The zero-order chi connectivity index (χ0) is 21.0. The number of ether oxygens (including phenoxy) is 1. The van der Waals surface area contributed by atoms with Crippen molar-refractivity contribution < 1.29 is 19.4 Å². The van der Waals surface area contributed by atoms with E-state index in [0.717, 1.165) is 24.8 Å². The van der Waals surface area contributed by atoms with Crippen molar-refractivity contribution in [1.29, 1.82) is 0 Å². The Kier molecular flexibility index (Phi) is 6.32. The summed E-state index contributed by atoms with van der Waals surface area (Å²) in [6.45, 7) is 4.35. The first-order chi connectivity index (χ1) is 14.0. The van der Waals surface area contributed by atoms with Crippen LogP contribution in [0.2, 0.25) is 0 Å². The van der Waals surface area contributed by atoms with Gasteiger partial charge < -0.3 is 14.7 Å². The molecule has 2 aromatic rings. The maximum Gasteiger partial charge on any atom is 0.295 e. The van der Waals surface area contributed by atoms with Gasteiger partial charge in [0.05, 0.1) is 18.4 Å². The SMILES string of the molecule is CCCCCN1C(=O)C(=O)/C(=C(\O)c2ccc(OC)cc2C)C1c1ccccn1.